The van der Waals surface area contributed by atoms with E-state index in [0.717, 1.165) is 4.34 Å². The largest absolute Gasteiger partial charge is 0.216 e. The number of thioether (sulfide) groups is 1. The maximum absolute atomic E-state index is 8.72. The Balaban J connectivity index is 2.06. The van der Waals surface area contributed by atoms with E-state index in [4.69, 9.17) is 16.9 Å². The monoisotopic (exact) mass is 244 g/mol. The molecule has 0 atom stereocenters. The highest BCUT2D eigenvalue weighted by Gasteiger charge is 2.19. The Morgan fingerprint density at radius 3 is 2.79 bits per heavy atom. The van der Waals surface area contributed by atoms with Crippen LogP contribution in [0.25, 0.3) is 0 Å². The molecule has 1 heterocycles. The highest BCUT2D eigenvalue weighted by molar-refractivity contribution is 8.01. The zero-order valence-electron chi connectivity index (χ0n) is 7.49. The van der Waals surface area contributed by atoms with E-state index in [1.165, 1.54) is 37.0 Å². The third-order valence-corrected chi connectivity index (χ3v) is 5.01. The van der Waals surface area contributed by atoms with E-state index in [1.807, 2.05) is 0 Å². The number of nitriles is 1. The van der Waals surface area contributed by atoms with Crippen molar-refractivity contribution in [2.75, 3.05) is 0 Å². The van der Waals surface area contributed by atoms with Crippen molar-refractivity contribution >= 4 is 34.7 Å². The average Bonchev–Trinajstić information content (AvgIpc) is 2.76. The molecule has 0 N–H and O–H groups in total. The van der Waals surface area contributed by atoms with Crippen LogP contribution in [-0.4, -0.2) is 10.2 Å². The van der Waals surface area contributed by atoms with E-state index >= 15 is 0 Å². The van der Waals surface area contributed by atoms with E-state index in [9.17, 15) is 0 Å². The number of thiazole rings is 1. The first-order chi connectivity index (χ1) is 6.79. The van der Waals surface area contributed by atoms with Crippen LogP contribution in [0.1, 0.15) is 30.6 Å². The Morgan fingerprint density at radius 1 is 1.50 bits per heavy atom. The van der Waals surface area contributed by atoms with Crippen molar-refractivity contribution in [3.05, 3.63) is 10.0 Å². The molecule has 1 fully saturated rings. The van der Waals surface area contributed by atoms with Crippen molar-refractivity contribution in [2.24, 2.45) is 0 Å². The fraction of sp³-hybridized carbons (Fsp3) is 0.556. The third-order valence-electron chi connectivity index (χ3n) is 2.24. The summed E-state index contributed by atoms with van der Waals surface area (Å²) in [5.41, 5.74) is 0. The lowest BCUT2D eigenvalue weighted by molar-refractivity contribution is 0.886. The van der Waals surface area contributed by atoms with Gasteiger partial charge in [-0.3, -0.25) is 0 Å². The fourth-order valence-electron chi connectivity index (χ4n) is 1.55. The Morgan fingerprint density at radius 2 is 2.21 bits per heavy atom. The van der Waals surface area contributed by atoms with Gasteiger partial charge in [0.1, 0.15) is 10.9 Å². The minimum Gasteiger partial charge on any atom is -0.216 e. The van der Waals surface area contributed by atoms with Gasteiger partial charge in [0.05, 0.1) is 0 Å². The number of nitrogens with zero attached hydrogens (tertiary/aromatic N) is 2. The van der Waals surface area contributed by atoms with Gasteiger partial charge in [-0.05, 0) is 12.8 Å². The molecule has 5 heteroatoms. The molecule has 2 rings (SSSR count). The lowest BCUT2D eigenvalue weighted by Crippen LogP contribution is -1.92. The predicted molar refractivity (Wildman–Crippen MR) is 60.0 cm³/mol. The molecule has 1 saturated carbocycles. The van der Waals surface area contributed by atoms with Gasteiger partial charge in [0.25, 0.3) is 0 Å². The second-order valence-electron chi connectivity index (χ2n) is 3.24. The molecule has 0 spiro atoms. The van der Waals surface area contributed by atoms with Gasteiger partial charge in [0.15, 0.2) is 9.49 Å². The first-order valence-electron chi connectivity index (χ1n) is 4.52. The molecule has 74 valence electrons. The van der Waals surface area contributed by atoms with Gasteiger partial charge in [-0.25, -0.2) is 4.98 Å². The van der Waals surface area contributed by atoms with Crippen molar-refractivity contribution < 1.29 is 0 Å². The first-order valence-corrected chi connectivity index (χ1v) is 6.60. The summed E-state index contributed by atoms with van der Waals surface area (Å²) in [7, 11) is 0. The minimum atomic E-state index is 0.359. The van der Waals surface area contributed by atoms with Crippen LogP contribution >= 0.6 is 34.7 Å². The molecule has 0 radical (unpaired) electrons. The van der Waals surface area contributed by atoms with Crippen LogP contribution in [0.15, 0.2) is 4.34 Å². The molecular formula is C9H9ClN2S2. The second-order valence-corrected chi connectivity index (χ2v) is 6.14. The summed E-state index contributed by atoms with van der Waals surface area (Å²) in [5.74, 6) is 0. The molecule has 0 saturated heterocycles. The first kappa shape index (κ1) is 10.3. The van der Waals surface area contributed by atoms with E-state index in [0.29, 0.717) is 15.3 Å². The van der Waals surface area contributed by atoms with Crippen LogP contribution in [0.2, 0.25) is 5.15 Å². The van der Waals surface area contributed by atoms with Crippen LogP contribution in [0, 0.1) is 11.3 Å². The second kappa shape index (κ2) is 4.52. The van der Waals surface area contributed by atoms with Crippen LogP contribution in [0.4, 0.5) is 0 Å². The van der Waals surface area contributed by atoms with Gasteiger partial charge >= 0.3 is 0 Å². The van der Waals surface area contributed by atoms with Crippen LogP contribution in [-0.2, 0) is 0 Å². The molecule has 1 aromatic heterocycles. The van der Waals surface area contributed by atoms with E-state index in [-0.39, 0.29) is 0 Å². The summed E-state index contributed by atoms with van der Waals surface area (Å²) >= 11 is 8.97. The predicted octanol–water partition coefficient (Wildman–Crippen LogP) is 3.70. The van der Waals surface area contributed by atoms with Crippen LogP contribution < -0.4 is 0 Å². The Bertz CT molecular complexity index is 363. The lowest BCUT2D eigenvalue weighted by Gasteiger charge is -2.03. The van der Waals surface area contributed by atoms with Gasteiger partial charge in [-0.1, -0.05) is 47.5 Å². The summed E-state index contributed by atoms with van der Waals surface area (Å²) < 4.78 is 0.943. The molecule has 2 nitrogen and oxygen atoms in total. The van der Waals surface area contributed by atoms with Crippen molar-refractivity contribution in [3.8, 4) is 6.07 Å². The maximum atomic E-state index is 8.72. The van der Waals surface area contributed by atoms with Crippen LogP contribution in [0.5, 0.6) is 0 Å². The van der Waals surface area contributed by atoms with Gasteiger partial charge in [0.2, 0.25) is 0 Å². The molecular weight excluding hydrogens is 236 g/mol. The summed E-state index contributed by atoms with van der Waals surface area (Å²) in [6, 6.07) is 2.05. The fourth-order valence-corrected chi connectivity index (χ4v) is 4.23. The Hall–Kier alpha value is -0.240. The minimum absolute atomic E-state index is 0.359. The highest BCUT2D eigenvalue weighted by Crippen LogP contribution is 2.38. The summed E-state index contributed by atoms with van der Waals surface area (Å²) in [6.45, 7) is 0. The molecule has 0 bridgehead atoms. The third kappa shape index (κ3) is 2.22. The molecule has 1 aliphatic carbocycles. The van der Waals surface area contributed by atoms with Crippen molar-refractivity contribution in [1.82, 2.24) is 4.98 Å². The molecule has 0 aromatic carbocycles. The highest BCUT2D eigenvalue weighted by atomic mass is 35.5. The summed E-state index contributed by atoms with van der Waals surface area (Å²) in [6.07, 6.45) is 5.18. The normalized spacial score (nSPS) is 17.1. The van der Waals surface area contributed by atoms with Crippen molar-refractivity contribution in [1.29, 1.82) is 5.26 Å². The Kier molecular flexibility index (Phi) is 3.32. The van der Waals surface area contributed by atoms with Crippen molar-refractivity contribution in [3.63, 3.8) is 0 Å². The number of hydrogen-bond donors (Lipinski definition) is 0. The average molecular weight is 245 g/mol. The SMILES string of the molecule is N#Cc1sc(SC2CCCC2)nc1Cl. The lowest BCUT2D eigenvalue weighted by atomic mass is 10.4. The van der Waals surface area contributed by atoms with Gasteiger partial charge in [0, 0.05) is 5.25 Å². The zero-order valence-corrected chi connectivity index (χ0v) is 9.88. The van der Waals surface area contributed by atoms with Gasteiger partial charge in [-0.15, -0.1) is 0 Å². The number of halogens is 1. The van der Waals surface area contributed by atoms with E-state index < -0.39 is 0 Å². The molecule has 14 heavy (non-hydrogen) atoms. The maximum Gasteiger partial charge on any atom is 0.159 e. The van der Waals surface area contributed by atoms with Crippen LogP contribution in [0.3, 0.4) is 0 Å². The number of rotatable bonds is 2. The van der Waals surface area contributed by atoms with Crippen molar-refractivity contribution in [2.45, 2.75) is 35.3 Å². The summed E-state index contributed by atoms with van der Waals surface area (Å²) in [4.78, 5) is 4.70. The molecule has 1 aliphatic rings. The quantitative estimate of drug-likeness (QED) is 0.796. The van der Waals surface area contributed by atoms with E-state index in [1.54, 1.807) is 11.8 Å². The van der Waals surface area contributed by atoms with E-state index in [2.05, 4.69) is 11.1 Å². The zero-order chi connectivity index (χ0) is 9.97. The smallest absolute Gasteiger partial charge is 0.159 e. The number of aromatic nitrogens is 1. The van der Waals surface area contributed by atoms with Gasteiger partial charge in [-0.2, -0.15) is 5.26 Å². The molecule has 0 aliphatic heterocycles. The molecule has 0 unspecified atom stereocenters. The topological polar surface area (TPSA) is 36.7 Å². The standard InChI is InChI=1S/C9H9ClN2S2/c10-8-7(5-11)14-9(12-8)13-6-3-1-2-4-6/h6H,1-4H2. The molecule has 1 aromatic rings. The van der Waals surface area contributed by atoms with Gasteiger partial charge < -0.3 is 0 Å². The Labute approximate surface area is 96.3 Å². The molecule has 0 amide bonds. The summed E-state index contributed by atoms with van der Waals surface area (Å²) in [5, 5.41) is 9.76. The number of hydrogen-bond acceptors (Lipinski definition) is 4.